The highest BCUT2D eigenvalue weighted by Crippen LogP contribution is 2.33. The third-order valence-corrected chi connectivity index (χ3v) is 5.71. The number of benzene rings is 2. The van der Waals surface area contributed by atoms with Crippen molar-refractivity contribution in [3.05, 3.63) is 42.0 Å². The third kappa shape index (κ3) is 10.8. The highest BCUT2D eigenvalue weighted by Gasteiger charge is 2.21. The Morgan fingerprint density at radius 3 is 1.83 bits per heavy atom. The summed E-state index contributed by atoms with van der Waals surface area (Å²) in [5.41, 5.74) is 1.90. The second kappa shape index (κ2) is 16.2. The lowest BCUT2D eigenvalue weighted by Crippen LogP contribution is -2.48. The first-order chi connectivity index (χ1) is 19.9. The highest BCUT2D eigenvalue weighted by atomic mass is 16.7. The predicted molar refractivity (Wildman–Crippen MR) is 143 cm³/mol. The number of hydrogen-bond donors (Lipinski definition) is 5. The van der Waals surface area contributed by atoms with Crippen LogP contribution in [0, 0.1) is 0 Å². The predicted octanol–water partition coefficient (Wildman–Crippen LogP) is 0.500. The molecule has 5 N–H and O–H groups in total. The van der Waals surface area contributed by atoms with Crippen LogP contribution in [0.1, 0.15) is 5.56 Å². The van der Waals surface area contributed by atoms with Gasteiger partial charge in [-0.25, -0.2) is 19.2 Å². The number of nitrogens with zero attached hydrogens (tertiary/aromatic N) is 2. The summed E-state index contributed by atoms with van der Waals surface area (Å²) in [6, 6.07) is 11.4. The first kappa shape index (κ1) is 33.1. The molecule has 2 aliphatic heterocycles. The van der Waals surface area contributed by atoms with Gasteiger partial charge in [-0.05, 0) is 29.8 Å². The van der Waals surface area contributed by atoms with E-state index >= 15 is 0 Å². The molecule has 2 heterocycles. The van der Waals surface area contributed by atoms with Crippen LogP contribution in [0.5, 0.6) is 23.0 Å². The molecular weight excluding hydrogens is 562 g/mol. The fourth-order valence-electron chi connectivity index (χ4n) is 3.72. The van der Waals surface area contributed by atoms with Crippen LogP contribution in [0.4, 0.5) is 5.69 Å². The number of fused-ring (bicyclic) bond motifs is 1. The van der Waals surface area contributed by atoms with Crippen molar-refractivity contribution in [2.24, 2.45) is 0 Å². The van der Waals surface area contributed by atoms with Crippen molar-refractivity contribution in [2.75, 3.05) is 59.1 Å². The smallest absolute Gasteiger partial charge is 0.414 e. The van der Waals surface area contributed by atoms with Crippen molar-refractivity contribution in [3.8, 4) is 23.0 Å². The van der Waals surface area contributed by atoms with E-state index in [2.05, 4.69) is 21.2 Å². The first-order valence-corrected chi connectivity index (χ1v) is 12.2. The van der Waals surface area contributed by atoms with Gasteiger partial charge in [0, 0.05) is 44.5 Å². The Morgan fingerprint density at radius 2 is 1.29 bits per heavy atom. The number of amides is 1. The molecule has 0 radical (unpaired) electrons. The molecule has 1 fully saturated rings. The minimum Gasteiger partial charge on any atom is -0.493 e. The van der Waals surface area contributed by atoms with E-state index in [4.69, 9.17) is 58.6 Å². The summed E-state index contributed by atoms with van der Waals surface area (Å²) in [4.78, 5) is 53.4. The fraction of sp³-hybridized carbons (Fsp3) is 0.346. The SMILES string of the molecule is COc1ccc(NC(=O)CN2CCN(Cc3ccc4c(c3)OCO4)CC2)cc1OC.O=C(O)C(=O)O.O=C(O)C(=O)O. The van der Waals surface area contributed by atoms with E-state index in [-0.39, 0.29) is 5.91 Å². The number of anilines is 1. The third-order valence-electron chi connectivity index (χ3n) is 5.71. The van der Waals surface area contributed by atoms with Crippen molar-refractivity contribution in [1.82, 2.24) is 9.80 Å². The lowest BCUT2D eigenvalue weighted by Gasteiger charge is -2.34. The highest BCUT2D eigenvalue weighted by molar-refractivity contribution is 6.27. The van der Waals surface area contributed by atoms with Gasteiger partial charge in [0.25, 0.3) is 0 Å². The Morgan fingerprint density at radius 1 is 0.738 bits per heavy atom. The maximum Gasteiger partial charge on any atom is 0.414 e. The van der Waals surface area contributed by atoms with Crippen LogP contribution in [-0.2, 0) is 30.5 Å². The molecule has 0 aromatic heterocycles. The number of carboxylic acids is 4. The van der Waals surface area contributed by atoms with Crippen molar-refractivity contribution in [2.45, 2.75) is 6.54 Å². The molecule has 228 valence electrons. The first-order valence-electron chi connectivity index (χ1n) is 12.2. The molecule has 1 amide bonds. The molecule has 0 bridgehead atoms. The Bertz CT molecular complexity index is 1230. The topological polar surface area (TPSA) is 222 Å². The molecule has 0 unspecified atom stereocenters. The summed E-state index contributed by atoms with van der Waals surface area (Å²) < 4.78 is 21.3. The summed E-state index contributed by atoms with van der Waals surface area (Å²) in [7, 11) is 3.16. The van der Waals surface area contributed by atoms with Gasteiger partial charge in [-0.15, -0.1) is 0 Å². The van der Waals surface area contributed by atoms with E-state index in [1.165, 1.54) is 5.56 Å². The zero-order valence-corrected chi connectivity index (χ0v) is 22.8. The second-order valence-electron chi connectivity index (χ2n) is 8.58. The van der Waals surface area contributed by atoms with Crippen molar-refractivity contribution in [3.63, 3.8) is 0 Å². The normalized spacial score (nSPS) is 13.8. The Labute approximate surface area is 239 Å². The van der Waals surface area contributed by atoms with Gasteiger partial charge in [-0.3, -0.25) is 14.6 Å². The molecule has 42 heavy (non-hydrogen) atoms. The van der Waals surface area contributed by atoms with Gasteiger partial charge >= 0.3 is 23.9 Å². The minimum absolute atomic E-state index is 0.0357. The molecule has 16 heteroatoms. The zero-order valence-electron chi connectivity index (χ0n) is 22.8. The summed E-state index contributed by atoms with van der Waals surface area (Å²) in [6.07, 6.45) is 0. The number of rotatable bonds is 7. The summed E-state index contributed by atoms with van der Waals surface area (Å²) >= 11 is 0. The molecule has 16 nitrogen and oxygen atoms in total. The van der Waals surface area contributed by atoms with Gasteiger partial charge in [0.05, 0.1) is 20.8 Å². The molecular formula is C26H31N3O13. The number of aliphatic carboxylic acids is 4. The number of piperazine rings is 1. The van der Waals surface area contributed by atoms with Crippen LogP contribution in [0.2, 0.25) is 0 Å². The number of carbonyl (C=O) groups excluding carboxylic acids is 1. The van der Waals surface area contributed by atoms with Gasteiger partial charge in [-0.2, -0.15) is 0 Å². The molecule has 0 saturated carbocycles. The number of nitrogens with one attached hydrogen (secondary N) is 1. The maximum atomic E-state index is 12.5. The quantitative estimate of drug-likeness (QED) is 0.276. The van der Waals surface area contributed by atoms with Crippen LogP contribution in [-0.4, -0.2) is 114 Å². The van der Waals surface area contributed by atoms with E-state index in [0.29, 0.717) is 30.5 Å². The van der Waals surface area contributed by atoms with Gasteiger partial charge in [0.1, 0.15) is 0 Å². The standard InChI is InChI=1S/C22H27N3O5.2C2H2O4/c1-27-18-6-4-17(12-20(18)28-2)23-22(26)14-25-9-7-24(8-10-25)13-16-3-5-19-21(11-16)30-15-29-19;2*3-1(4)2(5)6/h3-6,11-12H,7-10,13-15H2,1-2H3,(H,23,26);2*(H,3,4)(H,5,6). The molecule has 0 aliphatic carbocycles. The van der Waals surface area contributed by atoms with Gasteiger partial charge < -0.3 is 44.7 Å². The summed E-state index contributed by atoms with van der Waals surface area (Å²) in [6.45, 7) is 5.06. The molecule has 0 atom stereocenters. The zero-order chi connectivity index (χ0) is 31.2. The Balaban J connectivity index is 0.000000434. The number of ether oxygens (including phenoxy) is 4. The number of methoxy groups -OCH3 is 2. The van der Waals surface area contributed by atoms with E-state index in [0.717, 1.165) is 44.2 Å². The van der Waals surface area contributed by atoms with Crippen molar-refractivity contribution in [1.29, 1.82) is 0 Å². The van der Waals surface area contributed by atoms with Crippen LogP contribution in [0.15, 0.2) is 36.4 Å². The molecule has 2 aromatic rings. The fourth-order valence-corrected chi connectivity index (χ4v) is 3.72. The molecule has 2 aliphatic rings. The summed E-state index contributed by atoms with van der Waals surface area (Å²) in [5.74, 6) is -4.48. The van der Waals surface area contributed by atoms with E-state index in [1.54, 1.807) is 26.4 Å². The number of hydrogen-bond acceptors (Lipinski definition) is 11. The molecule has 0 spiro atoms. The van der Waals surface area contributed by atoms with E-state index in [1.807, 2.05) is 18.2 Å². The van der Waals surface area contributed by atoms with Gasteiger partial charge in [0.2, 0.25) is 12.7 Å². The van der Waals surface area contributed by atoms with Crippen molar-refractivity contribution >= 4 is 35.5 Å². The van der Waals surface area contributed by atoms with E-state index < -0.39 is 23.9 Å². The number of carboxylic acid groups (broad SMARTS) is 4. The van der Waals surface area contributed by atoms with Crippen LogP contribution >= 0.6 is 0 Å². The second-order valence-corrected chi connectivity index (χ2v) is 8.58. The van der Waals surface area contributed by atoms with Gasteiger partial charge in [-0.1, -0.05) is 6.07 Å². The monoisotopic (exact) mass is 593 g/mol. The van der Waals surface area contributed by atoms with Crippen LogP contribution in [0.3, 0.4) is 0 Å². The van der Waals surface area contributed by atoms with Crippen LogP contribution in [0.25, 0.3) is 0 Å². The molecule has 4 rings (SSSR count). The Hall–Kier alpha value is -5.09. The maximum absolute atomic E-state index is 12.5. The summed E-state index contributed by atoms with van der Waals surface area (Å²) in [5, 5.41) is 32.5. The number of carbonyl (C=O) groups is 5. The average molecular weight is 594 g/mol. The minimum atomic E-state index is -1.82. The lowest BCUT2D eigenvalue weighted by atomic mass is 10.1. The lowest BCUT2D eigenvalue weighted by molar-refractivity contribution is -0.159. The van der Waals surface area contributed by atoms with Crippen LogP contribution < -0.4 is 24.3 Å². The van der Waals surface area contributed by atoms with E-state index in [9.17, 15) is 4.79 Å². The molecule has 1 saturated heterocycles. The average Bonchev–Trinajstić information content (AvgIpc) is 3.42. The van der Waals surface area contributed by atoms with Gasteiger partial charge in [0.15, 0.2) is 23.0 Å². The molecule has 2 aromatic carbocycles. The largest absolute Gasteiger partial charge is 0.493 e. The van der Waals surface area contributed by atoms with Crippen molar-refractivity contribution < 1.29 is 63.3 Å². The Kier molecular flexibility index (Phi) is 12.8.